The largest absolute Gasteiger partial charge is 0.478 e. The Morgan fingerprint density at radius 1 is 1.30 bits per heavy atom. The molecule has 1 fully saturated rings. The quantitative estimate of drug-likeness (QED) is 0.574. The van der Waals surface area contributed by atoms with E-state index in [-0.39, 0.29) is 11.5 Å². The van der Waals surface area contributed by atoms with Gasteiger partial charge in [0.15, 0.2) is 4.32 Å². The van der Waals surface area contributed by atoms with E-state index >= 15 is 0 Å². The first kappa shape index (κ1) is 16.4. The molecule has 0 bridgehead atoms. The number of thioether (sulfide) groups is 1. The smallest absolute Gasteiger partial charge is 0.335 e. The summed E-state index contributed by atoms with van der Waals surface area (Å²) < 4.78 is 1.37. The van der Waals surface area contributed by atoms with Crippen molar-refractivity contribution >= 4 is 79.2 Å². The number of hydrogen-bond acceptors (Lipinski definition) is 5. The summed E-state index contributed by atoms with van der Waals surface area (Å²) in [6.45, 7) is 0. The summed E-state index contributed by atoms with van der Waals surface area (Å²) in [7, 11) is 0. The summed E-state index contributed by atoms with van der Waals surface area (Å²) in [6.07, 6.45) is 1.79. The highest BCUT2D eigenvalue weighted by molar-refractivity contribution is 9.11. The first-order valence-corrected chi connectivity index (χ1v) is 9.16. The Morgan fingerprint density at radius 3 is 2.74 bits per heavy atom. The first-order valence-electron chi connectivity index (χ1n) is 6.32. The summed E-state index contributed by atoms with van der Waals surface area (Å²) in [5, 5.41) is 9.08. The summed E-state index contributed by atoms with van der Waals surface area (Å²) in [5.41, 5.74) is 0.575. The van der Waals surface area contributed by atoms with Crippen LogP contribution in [0.4, 0.5) is 5.69 Å². The van der Waals surface area contributed by atoms with Gasteiger partial charge in [0.05, 0.1) is 19.9 Å². The van der Waals surface area contributed by atoms with Crippen molar-refractivity contribution in [1.82, 2.24) is 0 Å². The van der Waals surface area contributed by atoms with Gasteiger partial charge in [-0.05, 0) is 52.3 Å². The number of carboxylic acids is 1. The fourth-order valence-electron chi connectivity index (χ4n) is 2.00. The van der Waals surface area contributed by atoms with Crippen LogP contribution in [0.15, 0.2) is 45.1 Å². The number of carboxylic acid groups (broad SMARTS) is 1. The average Bonchev–Trinajstić information content (AvgIpc) is 3.03. The minimum absolute atomic E-state index is 0.114. The number of amides is 1. The summed E-state index contributed by atoms with van der Waals surface area (Å²) in [6, 6.07) is 10.00. The Bertz CT molecular complexity index is 859. The first-order chi connectivity index (χ1) is 11.0. The molecule has 1 aromatic carbocycles. The van der Waals surface area contributed by atoms with Crippen molar-refractivity contribution in [2.75, 3.05) is 4.90 Å². The number of benzene rings is 1. The van der Waals surface area contributed by atoms with Gasteiger partial charge in [-0.15, -0.1) is 11.3 Å². The molecule has 1 aliphatic rings. The number of carbonyl (C=O) groups excluding carboxylic acids is 1. The number of thiocarbonyl (C=S) groups is 1. The summed E-state index contributed by atoms with van der Waals surface area (Å²) in [4.78, 5) is 26.5. The maximum absolute atomic E-state index is 12.6. The van der Waals surface area contributed by atoms with Crippen molar-refractivity contribution in [3.05, 3.63) is 55.5 Å². The number of anilines is 1. The Morgan fingerprint density at radius 2 is 2.09 bits per heavy atom. The molecule has 0 spiro atoms. The fourth-order valence-corrected chi connectivity index (χ4v) is 4.73. The van der Waals surface area contributed by atoms with Crippen molar-refractivity contribution in [2.45, 2.75) is 0 Å². The van der Waals surface area contributed by atoms with Crippen LogP contribution >= 0.6 is 51.2 Å². The number of thiophene rings is 1. The van der Waals surface area contributed by atoms with Gasteiger partial charge in [-0.25, -0.2) is 4.79 Å². The van der Waals surface area contributed by atoms with E-state index in [2.05, 4.69) is 15.9 Å². The normalized spacial score (nSPS) is 16.4. The van der Waals surface area contributed by atoms with E-state index in [1.54, 1.807) is 18.2 Å². The van der Waals surface area contributed by atoms with Gasteiger partial charge in [0, 0.05) is 4.88 Å². The minimum Gasteiger partial charge on any atom is -0.478 e. The van der Waals surface area contributed by atoms with Crippen LogP contribution in [0, 0.1) is 0 Å². The lowest BCUT2D eigenvalue weighted by atomic mass is 10.2. The molecule has 0 saturated carbocycles. The van der Waals surface area contributed by atoms with E-state index in [4.69, 9.17) is 17.3 Å². The Balaban J connectivity index is 1.94. The molecule has 0 atom stereocenters. The molecule has 2 aromatic rings. The van der Waals surface area contributed by atoms with E-state index in [1.165, 1.54) is 40.1 Å². The van der Waals surface area contributed by atoms with E-state index < -0.39 is 5.97 Å². The highest BCUT2D eigenvalue weighted by Crippen LogP contribution is 2.37. The number of carbonyl (C=O) groups is 2. The standard InChI is InChI=1S/C15H8BrNO3S3/c16-12-5-4-10(22-12)7-11-13(18)17(15(21)23-11)9-3-1-2-8(6-9)14(19)20/h1-7H,(H,19,20)/b11-7+. The van der Waals surface area contributed by atoms with Crippen LogP contribution in [0.2, 0.25) is 0 Å². The zero-order valence-electron chi connectivity index (χ0n) is 11.4. The molecule has 1 N–H and O–H groups in total. The van der Waals surface area contributed by atoms with Crippen molar-refractivity contribution in [3.8, 4) is 0 Å². The number of aromatic carboxylic acids is 1. The second-order valence-corrected chi connectivity index (χ2v) is 8.68. The van der Waals surface area contributed by atoms with Gasteiger partial charge < -0.3 is 5.11 Å². The van der Waals surface area contributed by atoms with Gasteiger partial charge in [-0.2, -0.15) is 0 Å². The molecule has 0 radical (unpaired) electrons. The molecule has 1 amide bonds. The zero-order chi connectivity index (χ0) is 16.6. The Labute approximate surface area is 153 Å². The molecule has 3 rings (SSSR count). The van der Waals surface area contributed by atoms with Crippen molar-refractivity contribution in [2.24, 2.45) is 0 Å². The lowest BCUT2D eigenvalue weighted by Crippen LogP contribution is -2.27. The molecule has 2 heterocycles. The second-order valence-electron chi connectivity index (χ2n) is 4.51. The highest BCUT2D eigenvalue weighted by Gasteiger charge is 2.33. The van der Waals surface area contributed by atoms with Gasteiger partial charge in [-0.3, -0.25) is 9.69 Å². The Hall–Kier alpha value is -1.48. The van der Waals surface area contributed by atoms with Gasteiger partial charge in [0.2, 0.25) is 0 Å². The molecule has 8 heteroatoms. The molecule has 0 aliphatic carbocycles. The van der Waals surface area contributed by atoms with Crippen LogP contribution in [-0.4, -0.2) is 21.3 Å². The second kappa shape index (κ2) is 6.56. The van der Waals surface area contributed by atoms with Gasteiger partial charge in [-0.1, -0.05) is 30.0 Å². The SMILES string of the molecule is O=C(O)c1cccc(N2C(=O)/C(=C\c3ccc(Br)s3)SC2=S)c1. The van der Waals surface area contributed by atoms with Crippen LogP contribution in [0.3, 0.4) is 0 Å². The van der Waals surface area contributed by atoms with Crippen molar-refractivity contribution in [1.29, 1.82) is 0 Å². The molecule has 4 nitrogen and oxygen atoms in total. The predicted octanol–water partition coefficient (Wildman–Crippen LogP) is 4.61. The van der Waals surface area contributed by atoms with Gasteiger partial charge in [0.25, 0.3) is 5.91 Å². The summed E-state index contributed by atoms with van der Waals surface area (Å²) in [5.74, 6) is -1.29. The van der Waals surface area contributed by atoms with Crippen LogP contribution in [0.5, 0.6) is 0 Å². The van der Waals surface area contributed by atoms with Crippen LogP contribution < -0.4 is 4.90 Å². The topological polar surface area (TPSA) is 57.6 Å². The van der Waals surface area contributed by atoms with Crippen LogP contribution in [0.25, 0.3) is 6.08 Å². The van der Waals surface area contributed by atoms with Gasteiger partial charge >= 0.3 is 5.97 Å². The average molecular weight is 426 g/mol. The molecule has 23 heavy (non-hydrogen) atoms. The highest BCUT2D eigenvalue weighted by atomic mass is 79.9. The Kier molecular flexibility index (Phi) is 4.67. The number of halogens is 1. The van der Waals surface area contributed by atoms with Crippen molar-refractivity contribution < 1.29 is 14.7 Å². The summed E-state index contributed by atoms with van der Waals surface area (Å²) >= 11 is 11.4. The molecule has 116 valence electrons. The fraction of sp³-hybridized carbons (Fsp3) is 0. The maximum Gasteiger partial charge on any atom is 0.335 e. The third-order valence-electron chi connectivity index (χ3n) is 3.01. The minimum atomic E-state index is -1.05. The van der Waals surface area contributed by atoms with Crippen LogP contribution in [0.1, 0.15) is 15.2 Å². The predicted molar refractivity (Wildman–Crippen MR) is 101 cm³/mol. The molecule has 1 aliphatic heterocycles. The molecule has 1 saturated heterocycles. The molecule has 0 unspecified atom stereocenters. The van der Waals surface area contributed by atoms with Crippen molar-refractivity contribution in [3.63, 3.8) is 0 Å². The zero-order valence-corrected chi connectivity index (χ0v) is 15.4. The van der Waals surface area contributed by atoms with Gasteiger partial charge in [0.1, 0.15) is 0 Å². The van der Waals surface area contributed by atoms with Crippen LogP contribution in [-0.2, 0) is 4.79 Å². The third-order valence-corrected chi connectivity index (χ3v) is 5.89. The molecular formula is C15H8BrNO3S3. The van der Waals surface area contributed by atoms with E-state index in [0.717, 1.165) is 8.66 Å². The molecule has 1 aromatic heterocycles. The van der Waals surface area contributed by atoms with E-state index in [9.17, 15) is 9.59 Å². The number of hydrogen-bond donors (Lipinski definition) is 1. The molecular weight excluding hydrogens is 418 g/mol. The lowest BCUT2D eigenvalue weighted by Gasteiger charge is -2.14. The lowest BCUT2D eigenvalue weighted by molar-refractivity contribution is -0.113. The monoisotopic (exact) mass is 425 g/mol. The number of nitrogens with zero attached hydrogens (tertiary/aromatic N) is 1. The van der Waals surface area contributed by atoms with E-state index in [0.29, 0.717) is 14.9 Å². The van der Waals surface area contributed by atoms with E-state index in [1.807, 2.05) is 12.1 Å². The maximum atomic E-state index is 12.6. The number of rotatable bonds is 3. The third kappa shape index (κ3) is 3.40.